The van der Waals surface area contributed by atoms with E-state index in [2.05, 4.69) is 33.4 Å². The smallest absolute Gasteiger partial charge is 0.228 e. The minimum absolute atomic E-state index is 0.0325. The van der Waals surface area contributed by atoms with Crippen molar-refractivity contribution in [2.24, 2.45) is 5.92 Å². The molecule has 3 rings (SSSR count). The fraction of sp³-hybridized carbons (Fsp3) is 0.500. The summed E-state index contributed by atoms with van der Waals surface area (Å²) in [5, 5.41) is 3.09. The molecule has 2 atom stereocenters. The van der Waals surface area contributed by atoms with Crippen LogP contribution in [0, 0.1) is 5.92 Å². The van der Waals surface area contributed by atoms with Gasteiger partial charge in [0.2, 0.25) is 5.91 Å². The van der Waals surface area contributed by atoms with Crippen molar-refractivity contribution >= 4 is 33.6 Å². The molecule has 0 spiro atoms. The van der Waals surface area contributed by atoms with E-state index in [1.165, 1.54) is 23.3 Å². The average molecular weight is 326 g/mol. The third-order valence-electron chi connectivity index (χ3n) is 3.62. The van der Waals surface area contributed by atoms with Gasteiger partial charge in [-0.3, -0.25) is 4.79 Å². The van der Waals surface area contributed by atoms with Crippen molar-refractivity contribution in [3.05, 3.63) is 29.8 Å². The number of nitrogens with one attached hydrogen (secondary N) is 1. The van der Waals surface area contributed by atoms with Crippen molar-refractivity contribution in [3.63, 3.8) is 0 Å². The largest absolute Gasteiger partial charge is 0.354 e. The molecule has 2 aliphatic rings. The topological polar surface area (TPSA) is 29.1 Å². The Labute approximate surface area is 120 Å². The van der Waals surface area contributed by atoms with Crippen LogP contribution in [0.15, 0.2) is 29.2 Å². The number of fused-ring (bicyclic) bond motifs is 1. The maximum atomic E-state index is 12.2. The van der Waals surface area contributed by atoms with Crippen LogP contribution in [0.2, 0.25) is 0 Å². The molecule has 1 aromatic rings. The number of carbonyl (C=O) groups is 1. The van der Waals surface area contributed by atoms with Gasteiger partial charge in [0.25, 0.3) is 0 Å². The number of amides is 1. The quantitative estimate of drug-likeness (QED) is 0.861. The van der Waals surface area contributed by atoms with Crippen molar-refractivity contribution in [2.45, 2.75) is 28.5 Å². The van der Waals surface area contributed by atoms with Gasteiger partial charge in [0.15, 0.2) is 0 Å². The molecule has 0 aromatic heterocycles. The second kappa shape index (κ2) is 5.25. The van der Waals surface area contributed by atoms with Gasteiger partial charge in [-0.1, -0.05) is 34.1 Å². The number of benzene rings is 1. The Balaban J connectivity index is 1.60. The van der Waals surface area contributed by atoms with Crippen LogP contribution in [0.5, 0.6) is 0 Å². The minimum atomic E-state index is 0.0325. The van der Waals surface area contributed by atoms with Crippen LogP contribution in [0.1, 0.15) is 24.3 Å². The molecule has 2 unspecified atom stereocenters. The first kappa shape index (κ1) is 12.5. The van der Waals surface area contributed by atoms with Crippen molar-refractivity contribution in [1.82, 2.24) is 5.32 Å². The van der Waals surface area contributed by atoms with Crippen LogP contribution in [0.3, 0.4) is 0 Å². The number of hydrogen-bond acceptors (Lipinski definition) is 2. The minimum Gasteiger partial charge on any atom is -0.354 e. The number of carbonyl (C=O) groups excluding carboxylic acids is 1. The molecule has 1 amide bonds. The molecule has 96 valence electrons. The van der Waals surface area contributed by atoms with Gasteiger partial charge < -0.3 is 5.32 Å². The Hall–Kier alpha value is -0.480. The Bertz CT molecular complexity index is 461. The summed E-state index contributed by atoms with van der Waals surface area (Å²) in [6, 6.07) is 8.23. The van der Waals surface area contributed by atoms with Crippen LogP contribution in [-0.2, 0) is 4.79 Å². The van der Waals surface area contributed by atoms with E-state index in [-0.39, 0.29) is 11.8 Å². The third kappa shape index (κ3) is 2.59. The Morgan fingerprint density at radius 1 is 1.44 bits per heavy atom. The predicted molar refractivity (Wildman–Crippen MR) is 78.4 cm³/mol. The van der Waals surface area contributed by atoms with Gasteiger partial charge in [-0.05, 0) is 30.4 Å². The summed E-state index contributed by atoms with van der Waals surface area (Å²) in [6.45, 7) is 0.757. The summed E-state index contributed by atoms with van der Waals surface area (Å²) in [7, 11) is 0. The number of hydrogen-bond donors (Lipinski definition) is 1. The molecule has 1 aliphatic carbocycles. The highest BCUT2D eigenvalue weighted by Gasteiger charge is 2.32. The van der Waals surface area contributed by atoms with Gasteiger partial charge in [-0.2, -0.15) is 0 Å². The number of alkyl halides is 1. The van der Waals surface area contributed by atoms with Crippen LogP contribution >= 0.6 is 27.7 Å². The monoisotopic (exact) mass is 325 g/mol. The summed E-state index contributed by atoms with van der Waals surface area (Å²) < 4.78 is 0. The first-order valence-electron chi connectivity index (χ1n) is 6.39. The van der Waals surface area contributed by atoms with Gasteiger partial charge in [-0.15, -0.1) is 11.8 Å². The Morgan fingerprint density at radius 2 is 2.22 bits per heavy atom. The number of halogens is 1. The standard InChI is InChI=1S/C14H16BrNOS/c15-12(9-5-6-9)7-16-14(17)11-8-18-13-4-2-1-3-10(11)13/h1-4,9,11-12H,5-8H2,(H,16,17). The molecule has 1 saturated carbocycles. The fourth-order valence-electron chi connectivity index (χ4n) is 2.33. The first-order chi connectivity index (χ1) is 8.75. The van der Waals surface area contributed by atoms with Gasteiger partial charge in [0.05, 0.1) is 5.92 Å². The second-order valence-electron chi connectivity index (χ2n) is 5.00. The first-order valence-corrected chi connectivity index (χ1v) is 8.29. The third-order valence-corrected chi connectivity index (χ3v) is 5.88. The second-order valence-corrected chi connectivity index (χ2v) is 7.24. The zero-order valence-corrected chi connectivity index (χ0v) is 12.5. The van der Waals surface area contributed by atoms with E-state index in [1.54, 1.807) is 11.8 Å². The summed E-state index contributed by atoms with van der Waals surface area (Å²) in [6.07, 6.45) is 2.60. The highest BCUT2D eigenvalue weighted by molar-refractivity contribution is 9.09. The molecule has 1 aliphatic heterocycles. The van der Waals surface area contributed by atoms with E-state index in [0.717, 1.165) is 18.2 Å². The molecular weight excluding hydrogens is 310 g/mol. The van der Waals surface area contributed by atoms with Crippen molar-refractivity contribution in [3.8, 4) is 0 Å². The Kier molecular flexibility index (Phi) is 3.66. The maximum absolute atomic E-state index is 12.2. The van der Waals surface area contributed by atoms with Crippen LogP contribution in [-0.4, -0.2) is 23.0 Å². The van der Waals surface area contributed by atoms with Gasteiger partial charge in [0.1, 0.15) is 0 Å². The fourth-order valence-corrected chi connectivity index (χ4v) is 4.24. The lowest BCUT2D eigenvalue weighted by atomic mass is 10.0. The maximum Gasteiger partial charge on any atom is 0.228 e. The lowest BCUT2D eigenvalue weighted by molar-refractivity contribution is -0.122. The van der Waals surface area contributed by atoms with Crippen molar-refractivity contribution < 1.29 is 4.79 Å². The van der Waals surface area contributed by atoms with E-state index < -0.39 is 0 Å². The van der Waals surface area contributed by atoms with Crippen LogP contribution < -0.4 is 5.32 Å². The van der Waals surface area contributed by atoms with E-state index in [0.29, 0.717) is 4.83 Å². The van der Waals surface area contributed by atoms with Crippen LogP contribution in [0.25, 0.3) is 0 Å². The lowest BCUT2D eigenvalue weighted by Crippen LogP contribution is -2.34. The van der Waals surface area contributed by atoms with Gasteiger partial charge in [-0.25, -0.2) is 0 Å². The van der Waals surface area contributed by atoms with Crippen molar-refractivity contribution in [1.29, 1.82) is 0 Å². The highest BCUT2D eigenvalue weighted by atomic mass is 79.9. The summed E-state index contributed by atoms with van der Waals surface area (Å²) in [5.41, 5.74) is 1.19. The zero-order valence-electron chi connectivity index (χ0n) is 10.1. The van der Waals surface area contributed by atoms with E-state index in [1.807, 2.05) is 12.1 Å². The van der Waals surface area contributed by atoms with Gasteiger partial charge >= 0.3 is 0 Å². The molecular formula is C14H16BrNOS. The molecule has 18 heavy (non-hydrogen) atoms. The highest BCUT2D eigenvalue weighted by Crippen LogP contribution is 2.39. The van der Waals surface area contributed by atoms with E-state index in [4.69, 9.17) is 0 Å². The molecule has 0 bridgehead atoms. The number of rotatable bonds is 4. The number of thioether (sulfide) groups is 1. The molecule has 2 nitrogen and oxygen atoms in total. The summed E-state index contributed by atoms with van der Waals surface area (Å²) >= 11 is 5.44. The molecule has 1 N–H and O–H groups in total. The van der Waals surface area contributed by atoms with Crippen LogP contribution in [0.4, 0.5) is 0 Å². The predicted octanol–water partition coefficient (Wildman–Crippen LogP) is 3.17. The molecule has 4 heteroatoms. The SMILES string of the molecule is O=C(NCC(Br)C1CC1)C1CSc2ccccc21. The molecule has 1 aromatic carbocycles. The molecule has 1 fully saturated rings. The van der Waals surface area contributed by atoms with Gasteiger partial charge in [0, 0.05) is 22.0 Å². The molecule has 0 saturated heterocycles. The molecule has 0 radical (unpaired) electrons. The zero-order chi connectivity index (χ0) is 12.5. The summed E-state index contributed by atoms with van der Waals surface area (Å²) in [5.74, 6) is 1.86. The van der Waals surface area contributed by atoms with E-state index in [9.17, 15) is 4.79 Å². The summed E-state index contributed by atoms with van der Waals surface area (Å²) in [4.78, 5) is 13.9. The Morgan fingerprint density at radius 3 is 3.00 bits per heavy atom. The molecule has 1 heterocycles. The van der Waals surface area contributed by atoms with E-state index >= 15 is 0 Å². The lowest BCUT2D eigenvalue weighted by Gasteiger charge is -2.14. The normalized spacial score (nSPS) is 23.5. The van der Waals surface area contributed by atoms with Crippen molar-refractivity contribution in [2.75, 3.05) is 12.3 Å². The average Bonchev–Trinajstić information content (AvgIpc) is 3.15.